The lowest BCUT2D eigenvalue weighted by atomic mass is 10.1. The molecule has 0 aliphatic carbocycles. The van der Waals surface area contributed by atoms with Crippen molar-refractivity contribution in [1.82, 2.24) is 0 Å². The van der Waals surface area contributed by atoms with Crippen molar-refractivity contribution < 1.29 is 9.66 Å². The second-order valence-electron chi connectivity index (χ2n) is 4.22. The van der Waals surface area contributed by atoms with Crippen LogP contribution in [0.1, 0.15) is 18.9 Å². The SMILES string of the molecule is CC/C(=C\c1ccc2cc(OC)ccc2c1)[N+](=O)[O-]. The van der Waals surface area contributed by atoms with Crippen LogP contribution >= 0.6 is 0 Å². The molecule has 0 bridgehead atoms. The first-order chi connectivity index (χ1) is 9.13. The van der Waals surface area contributed by atoms with E-state index in [0.29, 0.717) is 6.42 Å². The van der Waals surface area contributed by atoms with Crippen molar-refractivity contribution in [2.24, 2.45) is 0 Å². The fourth-order valence-electron chi connectivity index (χ4n) is 1.94. The first-order valence-corrected chi connectivity index (χ1v) is 6.07. The van der Waals surface area contributed by atoms with Crippen molar-refractivity contribution in [3.8, 4) is 5.75 Å². The topological polar surface area (TPSA) is 52.4 Å². The number of hydrogen-bond donors (Lipinski definition) is 0. The van der Waals surface area contributed by atoms with Crippen LogP contribution in [0.15, 0.2) is 42.1 Å². The van der Waals surface area contributed by atoms with Crippen LogP contribution in [0.2, 0.25) is 0 Å². The fourth-order valence-corrected chi connectivity index (χ4v) is 1.94. The molecule has 0 unspecified atom stereocenters. The molecular weight excluding hydrogens is 242 g/mol. The second-order valence-corrected chi connectivity index (χ2v) is 4.22. The Hall–Kier alpha value is -2.36. The standard InChI is InChI=1S/C15H15NO3/c1-3-14(16(17)18)9-11-4-5-13-10-15(19-2)7-6-12(13)8-11/h4-10H,3H2,1-2H3/b14-9+. The monoisotopic (exact) mass is 257 g/mol. The molecule has 0 atom stereocenters. The number of ether oxygens (including phenoxy) is 1. The number of rotatable bonds is 4. The summed E-state index contributed by atoms with van der Waals surface area (Å²) in [6.45, 7) is 1.78. The summed E-state index contributed by atoms with van der Waals surface area (Å²) in [6.07, 6.45) is 2.03. The van der Waals surface area contributed by atoms with Gasteiger partial charge in [-0.15, -0.1) is 0 Å². The van der Waals surface area contributed by atoms with E-state index in [1.807, 2.05) is 36.4 Å². The van der Waals surface area contributed by atoms with Gasteiger partial charge in [-0.3, -0.25) is 10.1 Å². The Bertz CT molecular complexity index is 647. The molecule has 98 valence electrons. The average molecular weight is 257 g/mol. The molecule has 0 radical (unpaired) electrons. The number of allylic oxidation sites excluding steroid dienone is 1. The molecule has 0 aliphatic heterocycles. The van der Waals surface area contributed by atoms with Gasteiger partial charge in [-0.25, -0.2) is 0 Å². The maximum absolute atomic E-state index is 10.8. The lowest BCUT2D eigenvalue weighted by Crippen LogP contribution is -1.96. The Labute approximate surface area is 111 Å². The van der Waals surface area contributed by atoms with Crippen molar-refractivity contribution in [1.29, 1.82) is 0 Å². The fraction of sp³-hybridized carbons (Fsp3) is 0.200. The van der Waals surface area contributed by atoms with E-state index in [4.69, 9.17) is 4.74 Å². The molecule has 19 heavy (non-hydrogen) atoms. The predicted octanol–water partition coefficient (Wildman–Crippen LogP) is 3.88. The highest BCUT2D eigenvalue weighted by Crippen LogP contribution is 2.23. The van der Waals surface area contributed by atoms with Crippen molar-refractivity contribution in [3.05, 3.63) is 57.8 Å². The van der Waals surface area contributed by atoms with Crippen molar-refractivity contribution in [2.45, 2.75) is 13.3 Å². The average Bonchev–Trinajstić information content (AvgIpc) is 2.43. The summed E-state index contributed by atoms with van der Waals surface area (Å²) in [5.74, 6) is 0.801. The summed E-state index contributed by atoms with van der Waals surface area (Å²) in [7, 11) is 1.63. The molecule has 2 rings (SSSR count). The Morgan fingerprint density at radius 2 is 1.95 bits per heavy atom. The zero-order chi connectivity index (χ0) is 13.8. The number of nitro groups is 1. The summed E-state index contributed by atoms with van der Waals surface area (Å²) >= 11 is 0. The van der Waals surface area contributed by atoms with Gasteiger partial charge < -0.3 is 4.74 Å². The van der Waals surface area contributed by atoms with Crippen molar-refractivity contribution in [3.63, 3.8) is 0 Å². The summed E-state index contributed by atoms with van der Waals surface area (Å²) in [5.41, 5.74) is 1.05. The van der Waals surface area contributed by atoms with Crippen molar-refractivity contribution >= 4 is 16.8 Å². The highest BCUT2D eigenvalue weighted by Gasteiger charge is 2.07. The number of fused-ring (bicyclic) bond motifs is 1. The van der Waals surface area contributed by atoms with Gasteiger partial charge in [-0.05, 0) is 34.5 Å². The summed E-state index contributed by atoms with van der Waals surface area (Å²) in [6, 6.07) is 11.5. The molecule has 0 saturated heterocycles. The van der Waals surface area contributed by atoms with Gasteiger partial charge in [0.25, 0.3) is 0 Å². The molecule has 2 aromatic carbocycles. The van der Waals surface area contributed by atoms with E-state index in [-0.39, 0.29) is 10.6 Å². The van der Waals surface area contributed by atoms with Crippen LogP contribution in [-0.2, 0) is 0 Å². The predicted molar refractivity (Wildman–Crippen MR) is 75.8 cm³/mol. The van der Waals surface area contributed by atoms with Gasteiger partial charge in [0.1, 0.15) is 5.75 Å². The molecule has 0 saturated carbocycles. The molecule has 0 aliphatic rings. The third-order valence-electron chi connectivity index (χ3n) is 3.00. The van der Waals surface area contributed by atoms with Gasteiger partial charge in [0.05, 0.1) is 12.0 Å². The second kappa shape index (κ2) is 5.52. The van der Waals surface area contributed by atoms with Crippen LogP contribution in [0.3, 0.4) is 0 Å². The van der Waals surface area contributed by atoms with Crippen LogP contribution in [-0.4, -0.2) is 12.0 Å². The van der Waals surface area contributed by atoms with Crippen LogP contribution in [0.25, 0.3) is 16.8 Å². The first-order valence-electron chi connectivity index (χ1n) is 6.07. The quantitative estimate of drug-likeness (QED) is 0.617. The molecule has 0 fully saturated rings. The van der Waals surface area contributed by atoms with E-state index in [1.165, 1.54) is 0 Å². The Kier molecular flexibility index (Phi) is 3.80. The van der Waals surface area contributed by atoms with Gasteiger partial charge in [-0.1, -0.05) is 25.1 Å². The summed E-state index contributed by atoms with van der Waals surface area (Å²) in [5, 5.41) is 12.9. The third-order valence-corrected chi connectivity index (χ3v) is 3.00. The van der Waals surface area contributed by atoms with Gasteiger partial charge in [0, 0.05) is 12.5 Å². The lowest BCUT2D eigenvalue weighted by Gasteiger charge is -2.03. The molecule has 0 aromatic heterocycles. The minimum Gasteiger partial charge on any atom is -0.497 e. The van der Waals surface area contributed by atoms with E-state index >= 15 is 0 Å². The van der Waals surface area contributed by atoms with E-state index in [9.17, 15) is 10.1 Å². The Morgan fingerprint density at radius 1 is 1.26 bits per heavy atom. The molecule has 2 aromatic rings. The highest BCUT2D eigenvalue weighted by atomic mass is 16.6. The molecule has 0 N–H and O–H groups in total. The Balaban J connectivity index is 2.44. The summed E-state index contributed by atoms with van der Waals surface area (Å²) < 4.78 is 5.16. The van der Waals surface area contributed by atoms with E-state index in [1.54, 1.807) is 20.1 Å². The van der Waals surface area contributed by atoms with E-state index in [2.05, 4.69) is 0 Å². The number of nitrogens with zero attached hydrogens (tertiary/aromatic N) is 1. The van der Waals surface area contributed by atoms with Gasteiger partial charge >= 0.3 is 0 Å². The van der Waals surface area contributed by atoms with E-state index < -0.39 is 0 Å². The van der Waals surface area contributed by atoms with Gasteiger partial charge in [-0.2, -0.15) is 0 Å². The lowest BCUT2D eigenvalue weighted by molar-refractivity contribution is -0.425. The molecule has 0 spiro atoms. The molecule has 0 amide bonds. The zero-order valence-electron chi connectivity index (χ0n) is 10.9. The Morgan fingerprint density at radius 3 is 2.58 bits per heavy atom. The highest BCUT2D eigenvalue weighted by molar-refractivity contribution is 5.86. The number of benzene rings is 2. The largest absolute Gasteiger partial charge is 0.497 e. The van der Waals surface area contributed by atoms with Crippen LogP contribution < -0.4 is 4.74 Å². The minimum absolute atomic E-state index is 0.216. The molecule has 4 heteroatoms. The molecule has 0 heterocycles. The van der Waals surface area contributed by atoms with Crippen LogP contribution in [0.4, 0.5) is 0 Å². The number of hydrogen-bond acceptors (Lipinski definition) is 3. The van der Waals surface area contributed by atoms with Crippen LogP contribution in [0, 0.1) is 10.1 Å². The van der Waals surface area contributed by atoms with E-state index in [0.717, 1.165) is 22.1 Å². The van der Waals surface area contributed by atoms with Crippen molar-refractivity contribution in [2.75, 3.05) is 7.11 Å². The first kappa shape index (κ1) is 13.1. The third kappa shape index (κ3) is 2.91. The maximum Gasteiger partial charge on any atom is 0.246 e. The maximum atomic E-state index is 10.8. The summed E-state index contributed by atoms with van der Waals surface area (Å²) in [4.78, 5) is 10.5. The smallest absolute Gasteiger partial charge is 0.246 e. The molecule has 4 nitrogen and oxygen atoms in total. The van der Waals surface area contributed by atoms with Crippen LogP contribution in [0.5, 0.6) is 5.75 Å². The van der Waals surface area contributed by atoms with Gasteiger partial charge in [0.15, 0.2) is 0 Å². The van der Waals surface area contributed by atoms with Gasteiger partial charge in [0.2, 0.25) is 5.70 Å². The minimum atomic E-state index is -0.335. The normalized spacial score (nSPS) is 11.6. The molecular formula is C15H15NO3. The zero-order valence-corrected chi connectivity index (χ0v) is 10.9. The number of methoxy groups -OCH3 is 1.